The molecule has 6 heteroatoms. The maximum Gasteiger partial charge on any atom is 0.416 e. The van der Waals surface area contributed by atoms with E-state index >= 15 is 0 Å². The highest BCUT2D eigenvalue weighted by atomic mass is 19.4. The summed E-state index contributed by atoms with van der Waals surface area (Å²) in [5.41, 5.74) is 6.92. The highest BCUT2D eigenvalue weighted by molar-refractivity contribution is 5.66. The molecular formula is C7H8F3N3. The van der Waals surface area contributed by atoms with Gasteiger partial charge in [0.15, 0.2) is 0 Å². The summed E-state index contributed by atoms with van der Waals surface area (Å²) in [6.07, 6.45) is -4.37. The van der Waals surface area contributed by atoms with Crippen molar-refractivity contribution < 1.29 is 13.2 Å². The molecule has 0 aliphatic carbocycles. The first kappa shape index (κ1) is 9.66. The van der Waals surface area contributed by atoms with E-state index in [0.29, 0.717) is 0 Å². The van der Waals surface area contributed by atoms with Crippen molar-refractivity contribution in [3.05, 3.63) is 23.8 Å². The highest BCUT2D eigenvalue weighted by Crippen LogP contribution is 2.32. The van der Waals surface area contributed by atoms with E-state index in [1.54, 1.807) is 0 Å². The van der Waals surface area contributed by atoms with Gasteiger partial charge in [-0.1, -0.05) is 0 Å². The van der Waals surface area contributed by atoms with Gasteiger partial charge in [-0.15, -0.1) is 0 Å². The normalized spacial score (nSPS) is 11.4. The number of nitrogen functional groups attached to an aromatic ring is 2. The smallest absolute Gasteiger partial charge is 0.397 e. The van der Waals surface area contributed by atoms with Crippen LogP contribution in [0.25, 0.3) is 0 Å². The van der Waals surface area contributed by atoms with Crippen molar-refractivity contribution in [2.75, 3.05) is 11.2 Å². The SMILES string of the molecule is NNc1ccc(C(F)(F)F)cc1N. The Morgan fingerprint density at radius 3 is 2.23 bits per heavy atom. The molecule has 1 aromatic carbocycles. The molecule has 0 aliphatic heterocycles. The van der Waals surface area contributed by atoms with Gasteiger partial charge in [-0.05, 0) is 18.2 Å². The zero-order valence-electron chi connectivity index (χ0n) is 6.52. The van der Waals surface area contributed by atoms with Crippen molar-refractivity contribution in [2.45, 2.75) is 6.18 Å². The average Bonchev–Trinajstić information content (AvgIpc) is 2.02. The number of anilines is 2. The van der Waals surface area contributed by atoms with Gasteiger partial charge in [0, 0.05) is 0 Å². The third-order valence-corrected chi connectivity index (χ3v) is 1.53. The Hall–Kier alpha value is -1.43. The third kappa shape index (κ3) is 2.03. The Balaban J connectivity index is 3.10. The van der Waals surface area contributed by atoms with Crippen LogP contribution in [0.2, 0.25) is 0 Å². The van der Waals surface area contributed by atoms with Gasteiger partial charge in [0.2, 0.25) is 0 Å². The second-order valence-corrected chi connectivity index (χ2v) is 2.44. The molecule has 0 spiro atoms. The van der Waals surface area contributed by atoms with E-state index < -0.39 is 11.7 Å². The molecule has 0 aliphatic rings. The standard InChI is InChI=1S/C7H8F3N3/c8-7(9,10)4-1-2-6(13-12)5(11)3-4/h1-3,13H,11-12H2. The predicted octanol–water partition coefficient (Wildman–Crippen LogP) is 1.57. The second-order valence-electron chi connectivity index (χ2n) is 2.44. The number of hydrogen-bond donors (Lipinski definition) is 3. The molecule has 0 fully saturated rings. The maximum absolute atomic E-state index is 12.1. The molecule has 0 unspecified atom stereocenters. The predicted molar refractivity (Wildman–Crippen MR) is 43.7 cm³/mol. The molecular weight excluding hydrogens is 183 g/mol. The molecule has 0 aromatic heterocycles. The van der Waals surface area contributed by atoms with Crippen LogP contribution >= 0.6 is 0 Å². The molecule has 0 saturated heterocycles. The Labute approximate surface area is 72.5 Å². The zero-order chi connectivity index (χ0) is 10.1. The molecule has 0 radical (unpaired) electrons. The van der Waals surface area contributed by atoms with Crippen LogP contribution in [0.1, 0.15) is 5.56 Å². The molecule has 0 heterocycles. The van der Waals surface area contributed by atoms with E-state index in [9.17, 15) is 13.2 Å². The molecule has 13 heavy (non-hydrogen) atoms. The summed E-state index contributed by atoms with van der Waals surface area (Å²) in [4.78, 5) is 0. The van der Waals surface area contributed by atoms with Crippen molar-refractivity contribution in [3.8, 4) is 0 Å². The van der Waals surface area contributed by atoms with Crippen LogP contribution in [0.15, 0.2) is 18.2 Å². The summed E-state index contributed by atoms with van der Waals surface area (Å²) in [7, 11) is 0. The maximum atomic E-state index is 12.1. The number of hydrogen-bond acceptors (Lipinski definition) is 3. The van der Waals surface area contributed by atoms with Gasteiger partial charge in [0.05, 0.1) is 16.9 Å². The first-order valence-electron chi connectivity index (χ1n) is 3.38. The minimum atomic E-state index is -4.37. The lowest BCUT2D eigenvalue weighted by atomic mass is 10.1. The van der Waals surface area contributed by atoms with Crippen molar-refractivity contribution in [2.24, 2.45) is 5.84 Å². The van der Waals surface area contributed by atoms with Gasteiger partial charge < -0.3 is 11.2 Å². The number of hydrazine groups is 1. The number of rotatable bonds is 1. The molecule has 1 aromatic rings. The minimum absolute atomic E-state index is 0.0303. The Bertz CT molecular complexity index is 308. The quantitative estimate of drug-likeness (QED) is 0.358. The molecule has 0 saturated carbocycles. The minimum Gasteiger partial charge on any atom is -0.397 e. The zero-order valence-corrected chi connectivity index (χ0v) is 6.52. The summed E-state index contributed by atoms with van der Waals surface area (Å²) in [5, 5.41) is 0. The van der Waals surface area contributed by atoms with Crippen LogP contribution in [0.3, 0.4) is 0 Å². The van der Waals surface area contributed by atoms with Crippen molar-refractivity contribution in [1.82, 2.24) is 0 Å². The molecule has 3 nitrogen and oxygen atoms in total. The van der Waals surface area contributed by atoms with Gasteiger partial charge in [0.1, 0.15) is 0 Å². The molecule has 0 atom stereocenters. The number of nitrogens with one attached hydrogen (secondary N) is 1. The molecule has 72 valence electrons. The van der Waals surface area contributed by atoms with Gasteiger partial charge in [-0.3, -0.25) is 5.84 Å². The topological polar surface area (TPSA) is 64.1 Å². The van der Waals surface area contributed by atoms with E-state index in [-0.39, 0.29) is 11.4 Å². The lowest BCUT2D eigenvalue weighted by Crippen LogP contribution is -2.11. The fourth-order valence-electron chi connectivity index (χ4n) is 0.871. The molecule has 1 rings (SSSR count). The lowest BCUT2D eigenvalue weighted by Gasteiger charge is -2.09. The van der Waals surface area contributed by atoms with Crippen LogP contribution in [-0.2, 0) is 6.18 Å². The van der Waals surface area contributed by atoms with Crippen LogP contribution in [0.5, 0.6) is 0 Å². The number of benzene rings is 1. The van der Waals surface area contributed by atoms with Gasteiger partial charge in [-0.2, -0.15) is 13.2 Å². The van der Waals surface area contributed by atoms with Gasteiger partial charge in [-0.25, -0.2) is 0 Å². The van der Waals surface area contributed by atoms with E-state index in [0.717, 1.165) is 12.1 Å². The van der Waals surface area contributed by atoms with Gasteiger partial charge >= 0.3 is 6.18 Å². The van der Waals surface area contributed by atoms with Crippen LogP contribution in [-0.4, -0.2) is 0 Å². The largest absolute Gasteiger partial charge is 0.416 e. The van der Waals surface area contributed by atoms with E-state index in [1.165, 1.54) is 6.07 Å². The summed E-state index contributed by atoms with van der Waals surface area (Å²) in [6, 6.07) is 2.92. The fraction of sp³-hybridized carbons (Fsp3) is 0.143. The summed E-state index contributed by atoms with van der Waals surface area (Å²) in [6.45, 7) is 0. The fourth-order valence-corrected chi connectivity index (χ4v) is 0.871. The van der Waals surface area contributed by atoms with Crippen LogP contribution < -0.4 is 17.0 Å². The van der Waals surface area contributed by atoms with E-state index in [2.05, 4.69) is 5.43 Å². The van der Waals surface area contributed by atoms with E-state index in [1.807, 2.05) is 0 Å². The first-order valence-corrected chi connectivity index (χ1v) is 3.38. The molecule has 5 N–H and O–H groups in total. The second kappa shape index (κ2) is 3.14. The number of nitrogens with two attached hydrogens (primary N) is 2. The highest BCUT2D eigenvalue weighted by Gasteiger charge is 2.30. The number of halogens is 3. The number of alkyl halides is 3. The molecule has 0 bridgehead atoms. The Morgan fingerprint density at radius 2 is 1.85 bits per heavy atom. The van der Waals surface area contributed by atoms with Gasteiger partial charge in [0.25, 0.3) is 0 Å². The van der Waals surface area contributed by atoms with Crippen LogP contribution in [0.4, 0.5) is 24.5 Å². The Kier molecular flexibility index (Phi) is 2.33. The lowest BCUT2D eigenvalue weighted by molar-refractivity contribution is -0.137. The van der Waals surface area contributed by atoms with E-state index in [4.69, 9.17) is 11.6 Å². The van der Waals surface area contributed by atoms with Crippen LogP contribution in [0, 0.1) is 0 Å². The summed E-state index contributed by atoms with van der Waals surface area (Å²) in [5.74, 6) is 5.00. The first-order chi connectivity index (χ1) is 5.95. The third-order valence-electron chi connectivity index (χ3n) is 1.53. The average molecular weight is 191 g/mol. The summed E-state index contributed by atoms with van der Waals surface area (Å²) < 4.78 is 36.3. The van der Waals surface area contributed by atoms with Crippen molar-refractivity contribution in [1.29, 1.82) is 0 Å². The summed E-state index contributed by atoms with van der Waals surface area (Å²) >= 11 is 0. The Morgan fingerprint density at radius 1 is 1.23 bits per heavy atom. The monoisotopic (exact) mass is 191 g/mol. The van der Waals surface area contributed by atoms with Crippen molar-refractivity contribution >= 4 is 11.4 Å². The molecule has 0 amide bonds. The van der Waals surface area contributed by atoms with Crippen molar-refractivity contribution in [3.63, 3.8) is 0 Å².